The van der Waals surface area contributed by atoms with Crippen molar-refractivity contribution in [3.63, 3.8) is 0 Å². The molecule has 0 amide bonds. The number of hydrogen-bond acceptors (Lipinski definition) is 4. The highest BCUT2D eigenvalue weighted by Crippen LogP contribution is 2.32. The molecule has 2 aromatic carbocycles. The van der Waals surface area contributed by atoms with Crippen LogP contribution in [-0.4, -0.2) is 21.3 Å². The van der Waals surface area contributed by atoms with Gasteiger partial charge >= 0.3 is 0 Å². The molecule has 2 rings (SSSR count). The molecular weight excluding hydrogens is 358 g/mol. The number of ether oxygens (including phenoxy) is 3. The van der Waals surface area contributed by atoms with Crippen LogP contribution in [0.4, 0.5) is 0 Å². The standard InChI is InChI=1S/C18H16BrNO3/c1-21-16-6-4-12(9-15(16)19)8-14(11-20)13-5-7-17(22-2)18(10-13)23-3/h4-10H,1-3H3/b14-8+. The fraction of sp³-hybridized carbons (Fsp3) is 0.167. The molecular formula is C18H16BrNO3. The Morgan fingerprint density at radius 1 is 0.957 bits per heavy atom. The fourth-order valence-corrected chi connectivity index (χ4v) is 2.68. The Bertz CT molecular complexity index is 778. The summed E-state index contributed by atoms with van der Waals surface area (Å²) in [7, 11) is 4.76. The second-order valence-corrected chi connectivity index (χ2v) is 5.49. The lowest BCUT2D eigenvalue weighted by molar-refractivity contribution is 0.355. The first-order valence-electron chi connectivity index (χ1n) is 6.80. The lowest BCUT2D eigenvalue weighted by atomic mass is 10.0. The molecule has 0 fully saturated rings. The molecule has 0 N–H and O–H groups in total. The predicted octanol–water partition coefficient (Wildman–Crippen LogP) is 4.54. The van der Waals surface area contributed by atoms with Gasteiger partial charge in [0.2, 0.25) is 0 Å². The topological polar surface area (TPSA) is 51.5 Å². The number of hydrogen-bond donors (Lipinski definition) is 0. The Morgan fingerprint density at radius 3 is 2.17 bits per heavy atom. The van der Waals surface area contributed by atoms with Crippen LogP contribution in [-0.2, 0) is 0 Å². The van der Waals surface area contributed by atoms with Gasteiger partial charge in [0.1, 0.15) is 5.75 Å². The maximum Gasteiger partial charge on any atom is 0.161 e. The highest BCUT2D eigenvalue weighted by molar-refractivity contribution is 9.10. The Morgan fingerprint density at radius 2 is 1.61 bits per heavy atom. The maximum atomic E-state index is 9.47. The third-order valence-electron chi connectivity index (χ3n) is 3.30. The van der Waals surface area contributed by atoms with Gasteiger partial charge in [-0.15, -0.1) is 0 Å². The van der Waals surface area contributed by atoms with Gasteiger partial charge in [0, 0.05) is 0 Å². The summed E-state index contributed by atoms with van der Waals surface area (Å²) in [4.78, 5) is 0. The van der Waals surface area contributed by atoms with Crippen molar-refractivity contribution in [2.75, 3.05) is 21.3 Å². The third-order valence-corrected chi connectivity index (χ3v) is 3.92. The largest absolute Gasteiger partial charge is 0.496 e. The van der Waals surface area contributed by atoms with E-state index in [9.17, 15) is 5.26 Å². The van der Waals surface area contributed by atoms with Crippen LogP contribution in [0.1, 0.15) is 11.1 Å². The van der Waals surface area contributed by atoms with E-state index in [-0.39, 0.29) is 0 Å². The van der Waals surface area contributed by atoms with Gasteiger partial charge in [-0.3, -0.25) is 0 Å². The Balaban J connectivity index is 2.43. The molecule has 0 spiro atoms. The van der Waals surface area contributed by atoms with Crippen molar-refractivity contribution in [3.05, 3.63) is 52.0 Å². The van der Waals surface area contributed by atoms with Crippen LogP contribution in [0.5, 0.6) is 17.2 Å². The van der Waals surface area contributed by atoms with Crippen molar-refractivity contribution in [1.82, 2.24) is 0 Å². The normalized spacial score (nSPS) is 10.8. The molecule has 0 atom stereocenters. The predicted molar refractivity (Wildman–Crippen MR) is 93.7 cm³/mol. The number of methoxy groups -OCH3 is 3. The van der Waals surface area contributed by atoms with Crippen LogP contribution in [0.25, 0.3) is 11.6 Å². The molecule has 0 bridgehead atoms. The Hall–Kier alpha value is -2.45. The summed E-state index contributed by atoms with van der Waals surface area (Å²) in [6.45, 7) is 0. The molecule has 0 aliphatic carbocycles. The number of allylic oxidation sites excluding steroid dienone is 1. The van der Waals surface area contributed by atoms with E-state index in [0.29, 0.717) is 17.1 Å². The highest BCUT2D eigenvalue weighted by atomic mass is 79.9. The third kappa shape index (κ3) is 3.85. The van der Waals surface area contributed by atoms with E-state index in [4.69, 9.17) is 14.2 Å². The summed E-state index contributed by atoms with van der Waals surface area (Å²) < 4.78 is 16.5. The Labute approximate surface area is 144 Å². The van der Waals surface area contributed by atoms with Crippen molar-refractivity contribution in [1.29, 1.82) is 5.26 Å². The molecule has 0 saturated heterocycles. The summed E-state index contributed by atoms with van der Waals surface area (Å²) in [5, 5.41) is 9.47. The average molecular weight is 374 g/mol. The molecule has 0 radical (unpaired) electrons. The van der Waals surface area contributed by atoms with E-state index in [0.717, 1.165) is 21.3 Å². The molecule has 0 aliphatic rings. The van der Waals surface area contributed by atoms with Gasteiger partial charge in [0.25, 0.3) is 0 Å². The van der Waals surface area contributed by atoms with Crippen molar-refractivity contribution in [2.24, 2.45) is 0 Å². The molecule has 0 heterocycles. The summed E-state index contributed by atoms with van der Waals surface area (Å²) in [6, 6.07) is 13.3. The number of nitriles is 1. The van der Waals surface area contributed by atoms with Crippen molar-refractivity contribution in [2.45, 2.75) is 0 Å². The van der Waals surface area contributed by atoms with E-state index in [1.54, 1.807) is 33.5 Å². The van der Waals surface area contributed by atoms with Gasteiger partial charge in [-0.25, -0.2) is 0 Å². The zero-order valence-corrected chi connectivity index (χ0v) is 14.7. The van der Waals surface area contributed by atoms with Crippen molar-refractivity contribution < 1.29 is 14.2 Å². The van der Waals surface area contributed by atoms with Crippen LogP contribution < -0.4 is 14.2 Å². The van der Waals surface area contributed by atoms with Crippen LogP contribution in [0.15, 0.2) is 40.9 Å². The highest BCUT2D eigenvalue weighted by Gasteiger charge is 2.08. The molecule has 23 heavy (non-hydrogen) atoms. The van der Waals surface area contributed by atoms with E-state index in [1.165, 1.54) is 0 Å². The molecule has 2 aromatic rings. The first-order valence-corrected chi connectivity index (χ1v) is 7.60. The van der Waals surface area contributed by atoms with E-state index in [1.807, 2.05) is 30.3 Å². The van der Waals surface area contributed by atoms with Crippen molar-refractivity contribution in [3.8, 4) is 23.3 Å². The van der Waals surface area contributed by atoms with Gasteiger partial charge in [-0.05, 0) is 63.5 Å². The Kier molecular flexibility index (Phi) is 5.67. The minimum Gasteiger partial charge on any atom is -0.496 e. The van der Waals surface area contributed by atoms with E-state index < -0.39 is 0 Å². The number of halogens is 1. The molecule has 118 valence electrons. The molecule has 0 unspecified atom stereocenters. The minimum absolute atomic E-state index is 0.531. The molecule has 4 nitrogen and oxygen atoms in total. The quantitative estimate of drug-likeness (QED) is 0.570. The molecule has 0 aliphatic heterocycles. The number of rotatable bonds is 5. The van der Waals surface area contributed by atoms with Crippen LogP contribution in [0, 0.1) is 11.3 Å². The van der Waals surface area contributed by atoms with Crippen LogP contribution in [0.2, 0.25) is 0 Å². The fourth-order valence-electron chi connectivity index (χ4n) is 2.12. The van der Waals surface area contributed by atoms with Gasteiger partial charge in [0.05, 0.1) is 37.4 Å². The lowest BCUT2D eigenvalue weighted by Crippen LogP contribution is -1.92. The second kappa shape index (κ2) is 7.70. The van der Waals surface area contributed by atoms with Gasteiger partial charge in [-0.1, -0.05) is 6.07 Å². The first-order chi connectivity index (χ1) is 11.1. The summed E-state index contributed by atoms with van der Waals surface area (Å²) >= 11 is 3.44. The van der Waals surface area contributed by atoms with Gasteiger partial charge in [-0.2, -0.15) is 5.26 Å². The maximum absolute atomic E-state index is 9.47. The second-order valence-electron chi connectivity index (χ2n) is 4.63. The molecule has 5 heteroatoms. The number of nitrogens with zero attached hydrogens (tertiary/aromatic N) is 1. The first kappa shape index (κ1) is 16.9. The average Bonchev–Trinajstić information content (AvgIpc) is 2.59. The van der Waals surface area contributed by atoms with E-state index >= 15 is 0 Å². The van der Waals surface area contributed by atoms with Gasteiger partial charge < -0.3 is 14.2 Å². The van der Waals surface area contributed by atoms with Crippen LogP contribution >= 0.6 is 15.9 Å². The smallest absolute Gasteiger partial charge is 0.161 e. The molecule has 0 aromatic heterocycles. The zero-order valence-electron chi connectivity index (χ0n) is 13.1. The molecule has 0 saturated carbocycles. The zero-order chi connectivity index (χ0) is 16.8. The summed E-state index contributed by atoms with van der Waals surface area (Å²) in [6.07, 6.45) is 1.81. The van der Waals surface area contributed by atoms with Crippen molar-refractivity contribution >= 4 is 27.6 Å². The van der Waals surface area contributed by atoms with Crippen LogP contribution in [0.3, 0.4) is 0 Å². The number of benzene rings is 2. The van der Waals surface area contributed by atoms with E-state index in [2.05, 4.69) is 22.0 Å². The summed E-state index contributed by atoms with van der Waals surface area (Å²) in [5.74, 6) is 1.95. The monoisotopic (exact) mass is 373 g/mol. The lowest BCUT2D eigenvalue weighted by Gasteiger charge is -2.09. The summed E-state index contributed by atoms with van der Waals surface area (Å²) in [5.41, 5.74) is 2.18. The SMILES string of the molecule is COc1ccc(/C=C(\C#N)c2ccc(OC)c(OC)c2)cc1Br. The minimum atomic E-state index is 0.531. The van der Waals surface area contributed by atoms with Gasteiger partial charge in [0.15, 0.2) is 11.5 Å².